The van der Waals surface area contributed by atoms with Crippen LogP contribution in [0.1, 0.15) is 49.9 Å². The highest BCUT2D eigenvalue weighted by Gasteiger charge is 2.28. The smallest absolute Gasteiger partial charge is 0.242 e. The zero-order valence-corrected chi connectivity index (χ0v) is 17.9. The van der Waals surface area contributed by atoms with Gasteiger partial charge in [0.05, 0.1) is 6.42 Å². The summed E-state index contributed by atoms with van der Waals surface area (Å²) in [5.41, 5.74) is 3.88. The molecule has 150 valence electrons. The van der Waals surface area contributed by atoms with Crippen molar-refractivity contribution in [1.82, 2.24) is 10.2 Å². The standard InChI is InChI=1S/C24H32N2O2/c1-17-12-13-18(2)21(14-17)15-22(27)26(16-20-10-8-7-9-11-20)19(3)23(28)25-24(4,5)6/h7-14,19H,15-16H2,1-6H3,(H,25,28)/t19-/m1/s1. The first-order chi connectivity index (χ1) is 13.1. The molecule has 0 bridgehead atoms. The molecule has 28 heavy (non-hydrogen) atoms. The van der Waals surface area contributed by atoms with E-state index in [1.165, 1.54) is 0 Å². The Kier molecular flexibility index (Phi) is 7.00. The van der Waals surface area contributed by atoms with Crippen LogP contribution in [-0.2, 0) is 22.6 Å². The van der Waals surface area contributed by atoms with Gasteiger partial charge < -0.3 is 10.2 Å². The number of carbonyl (C=O) groups is 2. The highest BCUT2D eigenvalue weighted by molar-refractivity contribution is 5.88. The minimum atomic E-state index is -0.558. The summed E-state index contributed by atoms with van der Waals surface area (Å²) in [5.74, 6) is -0.188. The maximum Gasteiger partial charge on any atom is 0.242 e. The number of aryl methyl sites for hydroxylation is 2. The third-order valence-corrected chi connectivity index (χ3v) is 4.71. The Labute approximate surface area is 169 Å². The number of nitrogens with zero attached hydrogens (tertiary/aromatic N) is 1. The monoisotopic (exact) mass is 380 g/mol. The van der Waals surface area contributed by atoms with Gasteiger partial charge in [0.1, 0.15) is 6.04 Å². The molecule has 2 amide bonds. The van der Waals surface area contributed by atoms with E-state index in [0.29, 0.717) is 6.54 Å². The van der Waals surface area contributed by atoms with E-state index in [1.54, 1.807) is 11.8 Å². The summed E-state index contributed by atoms with van der Waals surface area (Å²) in [4.78, 5) is 27.7. The average molecular weight is 381 g/mol. The van der Waals surface area contributed by atoms with E-state index in [0.717, 1.165) is 22.3 Å². The second kappa shape index (κ2) is 9.05. The van der Waals surface area contributed by atoms with E-state index < -0.39 is 6.04 Å². The van der Waals surface area contributed by atoms with Crippen LogP contribution >= 0.6 is 0 Å². The summed E-state index contributed by atoms with van der Waals surface area (Å²) in [6.07, 6.45) is 0.285. The van der Waals surface area contributed by atoms with Crippen LogP contribution in [-0.4, -0.2) is 28.3 Å². The van der Waals surface area contributed by atoms with E-state index in [2.05, 4.69) is 5.32 Å². The third-order valence-electron chi connectivity index (χ3n) is 4.71. The van der Waals surface area contributed by atoms with Crippen molar-refractivity contribution in [3.8, 4) is 0 Å². The van der Waals surface area contributed by atoms with Crippen LogP contribution in [0.15, 0.2) is 48.5 Å². The fourth-order valence-corrected chi connectivity index (χ4v) is 3.09. The van der Waals surface area contributed by atoms with Gasteiger partial charge in [-0.1, -0.05) is 54.1 Å². The molecule has 0 fully saturated rings. The highest BCUT2D eigenvalue weighted by Crippen LogP contribution is 2.16. The lowest BCUT2D eigenvalue weighted by atomic mass is 10.0. The van der Waals surface area contributed by atoms with Crippen molar-refractivity contribution in [2.45, 2.75) is 66.1 Å². The molecule has 0 spiro atoms. The van der Waals surface area contributed by atoms with Gasteiger partial charge in [-0.25, -0.2) is 0 Å². The molecule has 1 atom stereocenters. The van der Waals surface area contributed by atoms with Crippen LogP contribution in [0.2, 0.25) is 0 Å². The van der Waals surface area contributed by atoms with Gasteiger partial charge in [0.2, 0.25) is 11.8 Å². The molecule has 0 saturated carbocycles. The highest BCUT2D eigenvalue weighted by atomic mass is 16.2. The van der Waals surface area contributed by atoms with E-state index in [9.17, 15) is 9.59 Å². The molecule has 0 aliphatic heterocycles. The largest absolute Gasteiger partial charge is 0.350 e. The molecule has 4 nitrogen and oxygen atoms in total. The van der Waals surface area contributed by atoms with Crippen molar-refractivity contribution >= 4 is 11.8 Å². The number of hydrogen-bond acceptors (Lipinski definition) is 2. The molecule has 2 rings (SSSR count). The van der Waals surface area contributed by atoms with Gasteiger partial charge >= 0.3 is 0 Å². The number of rotatable bonds is 6. The van der Waals surface area contributed by atoms with E-state index in [-0.39, 0.29) is 23.8 Å². The van der Waals surface area contributed by atoms with Gasteiger partial charge in [-0.05, 0) is 58.2 Å². The van der Waals surface area contributed by atoms with Gasteiger partial charge in [-0.15, -0.1) is 0 Å². The summed E-state index contributed by atoms with van der Waals surface area (Å²) in [6, 6.07) is 15.4. The Morgan fingerprint density at radius 2 is 1.68 bits per heavy atom. The summed E-state index contributed by atoms with van der Waals surface area (Å²) < 4.78 is 0. The SMILES string of the molecule is Cc1ccc(C)c(CC(=O)N(Cc2ccccc2)[C@H](C)C(=O)NC(C)(C)C)c1. The first-order valence-corrected chi connectivity index (χ1v) is 9.78. The molecular formula is C24H32N2O2. The second-order valence-corrected chi connectivity index (χ2v) is 8.53. The fourth-order valence-electron chi connectivity index (χ4n) is 3.09. The molecule has 0 aliphatic rings. The number of hydrogen-bond donors (Lipinski definition) is 1. The molecule has 1 N–H and O–H groups in total. The molecule has 0 aliphatic carbocycles. The quantitative estimate of drug-likeness (QED) is 0.817. The molecule has 0 radical (unpaired) electrons. The molecule has 2 aromatic carbocycles. The lowest BCUT2D eigenvalue weighted by Crippen LogP contribution is -2.52. The van der Waals surface area contributed by atoms with Crippen LogP contribution in [0.4, 0.5) is 0 Å². The molecular weight excluding hydrogens is 348 g/mol. The Bertz CT molecular complexity index is 822. The minimum absolute atomic E-state index is 0.0471. The van der Waals surface area contributed by atoms with Crippen molar-refractivity contribution in [2.75, 3.05) is 0 Å². The van der Waals surface area contributed by atoms with Crippen molar-refractivity contribution in [3.05, 3.63) is 70.8 Å². The Morgan fingerprint density at radius 1 is 1.04 bits per heavy atom. The van der Waals surface area contributed by atoms with Gasteiger partial charge in [-0.2, -0.15) is 0 Å². The molecule has 0 heterocycles. The summed E-state index contributed by atoms with van der Waals surface area (Å²) in [5, 5.41) is 2.99. The van der Waals surface area contributed by atoms with Crippen LogP contribution in [0.5, 0.6) is 0 Å². The maximum atomic E-state index is 13.2. The first-order valence-electron chi connectivity index (χ1n) is 9.78. The van der Waals surface area contributed by atoms with Crippen LogP contribution < -0.4 is 5.32 Å². The summed E-state index contributed by atoms with van der Waals surface area (Å²) >= 11 is 0. The topological polar surface area (TPSA) is 49.4 Å². The van der Waals surface area contributed by atoms with Crippen molar-refractivity contribution in [1.29, 1.82) is 0 Å². The Balaban J connectivity index is 2.27. The lowest BCUT2D eigenvalue weighted by molar-refractivity contribution is -0.140. The summed E-state index contributed by atoms with van der Waals surface area (Å²) in [6.45, 7) is 12.1. The Morgan fingerprint density at radius 3 is 2.29 bits per heavy atom. The molecule has 0 aromatic heterocycles. The zero-order valence-electron chi connectivity index (χ0n) is 17.9. The number of nitrogens with one attached hydrogen (secondary N) is 1. The number of amides is 2. The van der Waals surface area contributed by atoms with Crippen LogP contribution in [0.25, 0.3) is 0 Å². The predicted octanol–water partition coefficient (Wildman–Crippen LogP) is 4.18. The van der Waals surface area contributed by atoms with Crippen molar-refractivity contribution < 1.29 is 9.59 Å². The maximum absolute atomic E-state index is 13.2. The predicted molar refractivity (Wildman–Crippen MR) is 114 cm³/mol. The third kappa shape index (κ3) is 6.22. The van der Waals surface area contributed by atoms with E-state index in [4.69, 9.17) is 0 Å². The average Bonchev–Trinajstić information content (AvgIpc) is 2.61. The normalized spacial score (nSPS) is 12.4. The first kappa shape index (κ1) is 21.7. The Hall–Kier alpha value is -2.62. The van der Waals surface area contributed by atoms with Gasteiger partial charge in [0, 0.05) is 12.1 Å². The van der Waals surface area contributed by atoms with Crippen LogP contribution in [0, 0.1) is 13.8 Å². The zero-order chi connectivity index (χ0) is 20.9. The number of benzene rings is 2. The van der Waals surface area contributed by atoms with Gasteiger partial charge in [-0.3, -0.25) is 9.59 Å². The van der Waals surface area contributed by atoms with E-state index >= 15 is 0 Å². The second-order valence-electron chi connectivity index (χ2n) is 8.53. The molecule has 4 heteroatoms. The van der Waals surface area contributed by atoms with Gasteiger partial charge in [0.15, 0.2) is 0 Å². The van der Waals surface area contributed by atoms with E-state index in [1.807, 2.05) is 83.1 Å². The van der Waals surface area contributed by atoms with Crippen molar-refractivity contribution in [2.24, 2.45) is 0 Å². The van der Waals surface area contributed by atoms with Crippen LogP contribution in [0.3, 0.4) is 0 Å². The molecule has 0 saturated heterocycles. The minimum Gasteiger partial charge on any atom is -0.350 e. The molecule has 2 aromatic rings. The van der Waals surface area contributed by atoms with Crippen molar-refractivity contribution in [3.63, 3.8) is 0 Å². The summed E-state index contributed by atoms with van der Waals surface area (Å²) in [7, 11) is 0. The fraction of sp³-hybridized carbons (Fsp3) is 0.417. The number of carbonyl (C=O) groups excluding carboxylic acids is 2. The lowest BCUT2D eigenvalue weighted by Gasteiger charge is -2.31. The molecule has 0 unspecified atom stereocenters. The van der Waals surface area contributed by atoms with Gasteiger partial charge in [0.25, 0.3) is 0 Å².